The number of fused-ring (bicyclic) bond motifs is 1. The van der Waals surface area contributed by atoms with Gasteiger partial charge < -0.3 is 4.90 Å². The topological polar surface area (TPSA) is 20.3 Å². The van der Waals surface area contributed by atoms with Crippen LogP contribution in [0.3, 0.4) is 0 Å². The van der Waals surface area contributed by atoms with Gasteiger partial charge in [0.25, 0.3) is 5.91 Å². The van der Waals surface area contributed by atoms with Crippen LogP contribution in [0.15, 0.2) is 42.5 Å². The molecule has 1 aliphatic rings. The zero-order valence-electron chi connectivity index (χ0n) is 12.0. The Kier molecular flexibility index (Phi) is 3.31. The van der Waals surface area contributed by atoms with Crippen molar-refractivity contribution in [3.63, 3.8) is 0 Å². The largest absolute Gasteiger partial charge is 0.308 e. The predicted octanol–water partition coefficient (Wildman–Crippen LogP) is 3.90. The van der Waals surface area contributed by atoms with Crippen LogP contribution < -0.4 is 4.90 Å². The van der Waals surface area contributed by atoms with Crippen LogP contribution >= 0.6 is 0 Å². The van der Waals surface area contributed by atoms with E-state index in [-0.39, 0.29) is 5.91 Å². The number of carbonyl (C=O) groups is 1. The van der Waals surface area contributed by atoms with Crippen LogP contribution in [0.2, 0.25) is 0 Å². The Bertz CT molecular complexity index is 640. The van der Waals surface area contributed by atoms with Crippen molar-refractivity contribution in [1.29, 1.82) is 0 Å². The second kappa shape index (κ2) is 5.12. The minimum Gasteiger partial charge on any atom is -0.308 e. The average molecular weight is 265 g/mol. The van der Waals surface area contributed by atoms with Gasteiger partial charge in [0.05, 0.1) is 0 Å². The normalized spacial score (nSPS) is 14.0. The Morgan fingerprint density at radius 2 is 1.70 bits per heavy atom. The number of para-hydroxylation sites is 1. The van der Waals surface area contributed by atoms with Crippen molar-refractivity contribution >= 4 is 11.6 Å². The van der Waals surface area contributed by atoms with Gasteiger partial charge in [-0.05, 0) is 49.4 Å². The summed E-state index contributed by atoms with van der Waals surface area (Å²) in [5.74, 6) is 0.132. The number of aryl methyl sites for hydroxylation is 3. The maximum Gasteiger partial charge on any atom is 0.258 e. The van der Waals surface area contributed by atoms with Gasteiger partial charge in [0, 0.05) is 17.8 Å². The van der Waals surface area contributed by atoms with Gasteiger partial charge in [-0.3, -0.25) is 4.79 Å². The monoisotopic (exact) mass is 265 g/mol. The Balaban J connectivity index is 2.05. The number of hydrogen-bond donors (Lipinski definition) is 0. The fourth-order valence-electron chi connectivity index (χ4n) is 3.03. The van der Waals surface area contributed by atoms with Crippen LogP contribution in [0.1, 0.15) is 33.5 Å². The summed E-state index contributed by atoms with van der Waals surface area (Å²) in [6, 6.07) is 14.3. The molecule has 0 spiro atoms. The lowest BCUT2D eigenvalue weighted by Crippen LogP contribution is -2.36. The van der Waals surface area contributed by atoms with E-state index in [0.29, 0.717) is 0 Å². The molecule has 0 bridgehead atoms. The molecule has 1 aliphatic heterocycles. The third-order valence-electron chi connectivity index (χ3n) is 4.05. The van der Waals surface area contributed by atoms with E-state index in [2.05, 4.69) is 12.1 Å². The SMILES string of the molecule is Cc1cccc(C)c1C(=O)N1CCCc2ccccc21. The van der Waals surface area contributed by atoms with Gasteiger partial charge in [-0.15, -0.1) is 0 Å². The van der Waals surface area contributed by atoms with Gasteiger partial charge in [-0.25, -0.2) is 0 Å². The number of hydrogen-bond acceptors (Lipinski definition) is 1. The molecule has 1 amide bonds. The van der Waals surface area contributed by atoms with Crippen molar-refractivity contribution in [2.45, 2.75) is 26.7 Å². The molecule has 20 heavy (non-hydrogen) atoms. The van der Waals surface area contributed by atoms with Crippen LogP contribution in [-0.2, 0) is 6.42 Å². The molecule has 0 saturated heterocycles. The van der Waals surface area contributed by atoms with Gasteiger partial charge >= 0.3 is 0 Å². The second-order valence-electron chi connectivity index (χ2n) is 5.46. The standard InChI is InChI=1S/C18H19NO/c1-13-7-5-8-14(2)17(13)18(20)19-12-6-10-15-9-3-4-11-16(15)19/h3-5,7-9,11H,6,10,12H2,1-2H3. The fraction of sp³-hybridized carbons (Fsp3) is 0.278. The lowest BCUT2D eigenvalue weighted by atomic mass is 9.97. The first-order valence-corrected chi connectivity index (χ1v) is 7.14. The van der Waals surface area contributed by atoms with E-state index >= 15 is 0 Å². The maximum absolute atomic E-state index is 12.9. The molecule has 2 nitrogen and oxygen atoms in total. The third kappa shape index (κ3) is 2.11. The quantitative estimate of drug-likeness (QED) is 0.766. The van der Waals surface area contributed by atoms with E-state index in [0.717, 1.165) is 41.8 Å². The van der Waals surface area contributed by atoms with Gasteiger partial charge in [-0.1, -0.05) is 36.4 Å². The van der Waals surface area contributed by atoms with Crippen LogP contribution in [0, 0.1) is 13.8 Å². The molecule has 0 aliphatic carbocycles. The molecule has 3 rings (SSSR count). The number of carbonyl (C=O) groups excluding carboxylic acids is 1. The number of nitrogens with zero attached hydrogens (tertiary/aromatic N) is 1. The summed E-state index contributed by atoms with van der Waals surface area (Å²) in [6.07, 6.45) is 2.10. The molecule has 0 aromatic heterocycles. The van der Waals surface area contributed by atoms with E-state index in [4.69, 9.17) is 0 Å². The average Bonchev–Trinajstić information content (AvgIpc) is 2.46. The summed E-state index contributed by atoms with van der Waals surface area (Å²) in [4.78, 5) is 14.9. The fourth-order valence-corrected chi connectivity index (χ4v) is 3.03. The number of amides is 1. The second-order valence-corrected chi connectivity index (χ2v) is 5.46. The van der Waals surface area contributed by atoms with E-state index in [9.17, 15) is 4.79 Å². The van der Waals surface area contributed by atoms with Crippen LogP contribution in [0.4, 0.5) is 5.69 Å². The molecule has 0 N–H and O–H groups in total. The smallest absolute Gasteiger partial charge is 0.258 e. The van der Waals surface area contributed by atoms with Gasteiger partial charge in [0.15, 0.2) is 0 Å². The first-order chi connectivity index (χ1) is 9.68. The molecule has 0 fully saturated rings. The zero-order chi connectivity index (χ0) is 14.1. The first-order valence-electron chi connectivity index (χ1n) is 7.14. The molecule has 0 saturated carbocycles. The Morgan fingerprint density at radius 3 is 2.45 bits per heavy atom. The molecule has 0 atom stereocenters. The Hall–Kier alpha value is -2.09. The summed E-state index contributed by atoms with van der Waals surface area (Å²) in [7, 11) is 0. The highest BCUT2D eigenvalue weighted by Gasteiger charge is 2.25. The van der Waals surface area contributed by atoms with Crippen molar-refractivity contribution in [3.8, 4) is 0 Å². The highest BCUT2D eigenvalue weighted by Crippen LogP contribution is 2.29. The molecule has 2 aromatic carbocycles. The van der Waals surface area contributed by atoms with E-state index in [1.165, 1.54) is 5.56 Å². The number of rotatable bonds is 1. The van der Waals surface area contributed by atoms with Gasteiger partial charge in [0.2, 0.25) is 0 Å². The van der Waals surface area contributed by atoms with Gasteiger partial charge in [0.1, 0.15) is 0 Å². The Labute approximate surface area is 120 Å². The van der Waals surface area contributed by atoms with Crippen molar-refractivity contribution in [1.82, 2.24) is 0 Å². The highest BCUT2D eigenvalue weighted by molar-refractivity contribution is 6.08. The van der Waals surface area contributed by atoms with Crippen molar-refractivity contribution < 1.29 is 4.79 Å². The van der Waals surface area contributed by atoms with Crippen molar-refractivity contribution in [2.75, 3.05) is 11.4 Å². The lowest BCUT2D eigenvalue weighted by Gasteiger charge is -2.30. The van der Waals surface area contributed by atoms with Crippen LogP contribution in [0.25, 0.3) is 0 Å². The minimum atomic E-state index is 0.132. The maximum atomic E-state index is 12.9. The third-order valence-corrected chi connectivity index (χ3v) is 4.05. The van der Waals surface area contributed by atoms with E-state index in [1.54, 1.807) is 0 Å². The molecule has 1 heterocycles. The summed E-state index contributed by atoms with van der Waals surface area (Å²) < 4.78 is 0. The van der Waals surface area contributed by atoms with E-state index in [1.807, 2.05) is 49.1 Å². The minimum absolute atomic E-state index is 0.132. The molecule has 0 radical (unpaired) electrons. The number of benzene rings is 2. The van der Waals surface area contributed by atoms with Crippen LogP contribution in [-0.4, -0.2) is 12.5 Å². The van der Waals surface area contributed by atoms with Crippen LogP contribution in [0.5, 0.6) is 0 Å². The molecule has 102 valence electrons. The Morgan fingerprint density at radius 1 is 1.00 bits per heavy atom. The lowest BCUT2D eigenvalue weighted by molar-refractivity contribution is 0.0984. The zero-order valence-corrected chi connectivity index (χ0v) is 12.0. The molecule has 2 heteroatoms. The van der Waals surface area contributed by atoms with Gasteiger partial charge in [-0.2, -0.15) is 0 Å². The molecular weight excluding hydrogens is 246 g/mol. The molecular formula is C18H19NO. The summed E-state index contributed by atoms with van der Waals surface area (Å²) in [5, 5.41) is 0. The van der Waals surface area contributed by atoms with Crippen molar-refractivity contribution in [3.05, 3.63) is 64.7 Å². The molecule has 0 unspecified atom stereocenters. The predicted molar refractivity (Wildman–Crippen MR) is 82.4 cm³/mol. The highest BCUT2D eigenvalue weighted by atomic mass is 16.2. The molecule has 2 aromatic rings. The van der Waals surface area contributed by atoms with E-state index < -0.39 is 0 Å². The summed E-state index contributed by atoms with van der Waals surface area (Å²) in [5.41, 5.74) is 5.31. The van der Waals surface area contributed by atoms with Crippen molar-refractivity contribution in [2.24, 2.45) is 0 Å². The summed E-state index contributed by atoms with van der Waals surface area (Å²) in [6.45, 7) is 4.83. The summed E-state index contributed by atoms with van der Waals surface area (Å²) >= 11 is 0. The number of anilines is 1. The first kappa shape index (κ1) is 12.9.